The van der Waals surface area contributed by atoms with Crippen molar-refractivity contribution in [3.05, 3.63) is 23.8 Å². The van der Waals surface area contributed by atoms with Crippen LogP contribution >= 0.6 is 0 Å². The first-order chi connectivity index (χ1) is 7.03. The normalized spacial score (nSPS) is 24.3. The van der Waals surface area contributed by atoms with E-state index in [1.807, 2.05) is 0 Å². The average molecular weight is 205 g/mol. The molecule has 0 saturated heterocycles. The highest BCUT2D eigenvalue weighted by molar-refractivity contribution is 6.09. The molecule has 4 heteroatoms. The molecule has 78 valence electrons. The van der Waals surface area contributed by atoms with Crippen molar-refractivity contribution in [2.45, 2.75) is 13.8 Å². The lowest BCUT2D eigenvalue weighted by Crippen LogP contribution is -2.29. The van der Waals surface area contributed by atoms with Crippen LogP contribution in [0.15, 0.2) is 23.8 Å². The van der Waals surface area contributed by atoms with Gasteiger partial charge in [-0.05, 0) is 26.0 Å². The smallest absolute Gasteiger partial charge is 0.319 e. The van der Waals surface area contributed by atoms with E-state index in [9.17, 15) is 9.59 Å². The van der Waals surface area contributed by atoms with E-state index >= 15 is 0 Å². The van der Waals surface area contributed by atoms with Crippen LogP contribution in [0.2, 0.25) is 0 Å². The monoisotopic (exact) mass is 205 g/mol. The molecule has 0 aliphatic heterocycles. The fraction of sp³-hybridized carbons (Fsp3) is 0.364. The Hall–Kier alpha value is -1.89. The molecule has 4 nitrogen and oxygen atoms in total. The number of esters is 1. The molecule has 0 N–H and O–H groups in total. The van der Waals surface area contributed by atoms with Crippen LogP contribution in [0.3, 0.4) is 0 Å². The van der Waals surface area contributed by atoms with E-state index in [2.05, 4.69) is 0 Å². The lowest BCUT2D eigenvalue weighted by molar-refractivity contribution is -0.149. The largest absolute Gasteiger partial charge is 0.465 e. The molecule has 1 rings (SSSR count). The van der Waals surface area contributed by atoms with Crippen LogP contribution in [0.5, 0.6) is 0 Å². The van der Waals surface area contributed by atoms with Crippen molar-refractivity contribution in [3.63, 3.8) is 0 Å². The van der Waals surface area contributed by atoms with Crippen molar-refractivity contribution in [1.82, 2.24) is 0 Å². The quantitative estimate of drug-likeness (QED) is 0.634. The number of ether oxygens (including phenoxy) is 1. The van der Waals surface area contributed by atoms with E-state index in [0.29, 0.717) is 0 Å². The summed E-state index contributed by atoms with van der Waals surface area (Å²) < 4.78 is 4.86. The molecule has 0 saturated carbocycles. The maximum Gasteiger partial charge on any atom is 0.319 e. The second kappa shape index (κ2) is 4.09. The van der Waals surface area contributed by atoms with Crippen LogP contribution in [-0.2, 0) is 14.3 Å². The van der Waals surface area contributed by atoms with Crippen molar-refractivity contribution >= 4 is 11.8 Å². The number of rotatable bonds is 2. The molecule has 0 bridgehead atoms. The van der Waals surface area contributed by atoms with Gasteiger partial charge in [-0.15, -0.1) is 0 Å². The summed E-state index contributed by atoms with van der Waals surface area (Å²) in [5.74, 6) is -0.833. The number of nitrogens with zero attached hydrogens (tertiary/aromatic N) is 1. The number of hydrogen-bond acceptors (Lipinski definition) is 4. The van der Waals surface area contributed by atoms with E-state index in [1.54, 1.807) is 19.9 Å². The summed E-state index contributed by atoms with van der Waals surface area (Å²) in [6.45, 7) is 3.57. The third kappa shape index (κ3) is 2.13. The minimum absolute atomic E-state index is 0.0203. The fourth-order valence-electron chi connectivity index (χ4n) is 1.26. The van der Waals surface area contributed by atoms with Crippen molar-refractivity contribution in [2.75, 3.05) is 6.61 Å². The summed E-state index contributed by atoms with van der Waals surface area (Å²) in [5, 5.41) is 8.68. The molecule has 0 fully saturated rings. The van der Waals surface area contributed by atoms with E-state index in [0.717, 1.165) is 0 Å². The Bertz CT molecular complexity index is 401. The highest BCUT2D eigenvalue weighted by Gasteiger charge is 2.34. The Kier molecular flexibility index (Phi) is 3.05. The summed E-state index contributed by atoms with van der Waals surface area (Å²) in [6, 6.07) is 1.76. The zero-order valence-electron chi connectivity index (χ0n) is 8.61. The zero-order valence-corrected chi connectivity index (χ0v) is 8.61. The average Bonchev–Trinajstić information content (AvgIpc) is 2.22. The molecule has 0 aromatic rings. The number of hydrogen-bond donors (Lipinski definition) is 0. The lowest BCUT2D eigenvalue weighted by atomic mass is 9.83. The molecule has 1 unspecified atom stereocenters. The van der Waals surface area contributed by atoms with Gasteiger partial charge in [0.2, 0.25) is 0 Å². The Morgan fingerprint density at radius 2 is 2.33 bits per heavy atom. The first-order valence-electron chi connectivity index (χ1n) is 4.57. The topological polar surface area (TPSA) is 67.2 Å². The summed E-state index contributed by atoms with van der Waals surface area (Å²) in [7, 11) is 0. The van der Waals surface area contributed by atoms with E-state index in [-0.39, 0.29) is 18.0 Å². The first kappa shape index (κ1) is 11.2. The molecular formula is C11H11NO3. The van der Waals surface area contributed by atoms with Crippen LogP contribution in [-0.4, -0.2) is 18.4 Å². The van der Waals surface area contributed by atoms with Gasteiger partial charge in [-0.25, -0.2) is 0 Å². The Labute approximate surface area is 87.8 Å². The molecule has 0 radical (unpaired) electrons. The second-order valence-corrected chi connectivity index (χ2v) is 3.37. The predicted octanol–water partition coefficient (Wildman–Crippen LogP) is 1.14. The maximum atomic E-state index is 11.5. The van der Waals surface area contributed by atoms with Crippen molar-refractivity contribution in [3.8, 4) is 6.07 Å². The zero-order chi connectivity index (χ0) is 11.5. The van der Waals surface area contributed by atoms with Gasteiger partial charge in [0.05, 0.1) is 12.2 Å². The Morgan fingerprint density at radius 1 is 1.67 bits per heavy atom. The van der Waals surface area contributed by atoms with Gasteiger partial charge in [-0.1, -0.05) is 6.08 Å². The summed E-state index contributed by atoms with van der Waals surface area (Å²) in [4.78, 5) is 22.7. The van der Waals surface area contributed by atoms with Gasteiger partial charge < -0.3 is 4.74 Å². The summed E-state index contributed by atoms with van der Waals surface area (Å²) in [5.41, 5.74) is -1.03. The van der Waals surface area contributed by atoms with Gasteiger partial charge in [0, 0.05) is 0 Å². The molecule has 0 heterocycles. The number of nitriles is 1. The van der Waals surface area contributed by atoms with Crippen molar-refractivity contribution < 1.29 is 14.3 Å². The standard InChI is InChI=1S/C11H11NO3/c1-3-15-10(14)11(2)5-4-9(13)8(6-11)7-12/h4-6H,3H2,1-2H3. The number of carbonyl (C=O) groups excluding carboxylic acids is 2. The molecule has 0 spiro atoms. The van der Waals surface area contributed by atoms with E-state index < -0.39 is 11.4 Å². The van der Waals surface area contributed by atoms with Crippen molar-refractivity contribution in [1.29, 1.82) is 5.26 Å². The molecule has 0 amide bonds. The third-order valence-electron chi connectivity index (χ3n) is 2.13. The highest BCUT2D eigenvalue weighted by Crippen LogP contribution is 2.28. The Morgan fingerprint density at radius 3 is 2.87 bits per heavy atom. The van der Waals surface area contributed by atoms with Crippen LogP contribution in [0.1, 0.15) is 13.8 Å². The van der Waals surface area contributed by atoms with E-state index in [1.165, 1.54) is 18.2 Å². The fourth-order valence-corrected chi connectivity index (χ4v) is 1.26. The van der Waals surface area contributed by atoms with E-state index in [4.69, 9.17) is 10.00 Å². The van der Waals surface area contributed by atoms with Crippen molar-refractivity contribution in [2.24, 2.45) is 5.41 Å². The minimum Gasteiger partial charge on any atom is -0.465 e. The van der Waals surface area contributed by atoms with Gasteiger partial charge in [0.1, 0.15) is 11.5 Å². The van der Waals surface area contributed by atoms with Gasteiger partial charge >= 0.3 is 5.97 Å². The van der Waals surface area contributed by atoms with Gasteiger partial charge in [0.25, 0.3) is 0 Å². The molecule has 15 heavy (non-hydrogen) atoms. The van der Waals surface area contributed by atoms with Gasteiger partial charge in [-0.2, -0.15) is 5.26 Å². The second-order valence-electron chi connectivity index (χ2n) is 3.37. The number of ketones is 1. The molecule has 0 aromatic carbocycles. The van der Waals surface area contributed by atoms with Gasteiger partial charge in [-0.3, -0.25) is 9.59 Å². The Balaban J connectivity index is 3.02. The van der Waals surface area contributed by atoms with Crippen LogP contribution in [0.25, 0.3) is 0 Å². The highest BCUT2D eigenvalue weighted by atomic mass is 16.5. The summed E-state index contributed by atoms with van der Waals surface area (Å²) in [6.07, 6.45) is 4.02. The number of carbonyl (C=O) groups is 2. The van der Waals surface area contributed by atoms with Crippen LogP contribution in [0, 0.1) is 16.7 Å². The molecule has 0 aromatic heterocycles. The van der Waals surface area contributed by atoms with Gasteiger partial charge in [0.15, 0.2) is 5.78 Å². The molecule has 1 aliphatic carbocycles. The van der Waals surface area contributed by atoms with Crippen LogP contribution < -0.4 is 0 Å². The summed E-state index contributed by atoms with van der Waals surface area (Å²) >= 11 is 0. The first-order valence-corrected chi connectivity index (χ1v) is 4.57. The molecular weight excluding hydrogens is 194 g/mol. The third-order valence-corrected chi connectivity index (χ3v) is 2.13. The maximum absolute atomic E-state index is 11.5. The predicted molar refractivity (Wildman–Crippen MR) is 52.6 cm³/mol. The lowest BCUT2D eigenvalue weighted by Gasteiger charge is -2.22. The number of allylic oxidation sites excluding steroid dienone is 2. The molecule has 1 aliphatic rings. The molecule has 1 atom stereocenters. The SMILES string of the molecule is CCOC(=O)C1(C)C=CC(=O)C(C#N)=C1. The minimum atomic E-state index is -1.00. The van der Waals surface area contributed by atoms with Crippen LogP contribution in [0.4, 0.5) is 0 Å².